The summed E-state index contributed by atoms with van der Waals surface area (Å²) in [6.45, 7) is 13.4. The summed E-state index contributed by atoms with van der Waals surface area (Å²) in [7, 11) is 0. The van der Waals surface area contributed by atoms with E-state index in [9.17, 15) is 0 Å². The average Bonchev–Trinajstić information content (AvgIpc) is 2.38. The van der Waals surface area contributed by atoms with Crippen LogP contribution in [0.25, 0.3) is 0 Å². The first-order valence-electron chi connectivity index (χ1n) is 7.32. The second-order valence-electron chi connectivity index (χ2n) is 5.41. The summed E-state index contributed by atoms with van der Waals surface area (Å²) in [4.78, 5) is 6.75. The third-order valence-corrected chi connectivity index (χ3v) is 3.59. The smallest absolute Gasteiger partial charge is 0.193 e. The normalized spacial score (nSPS) is 12.2. The maximum Gasteiger partial charge on any atom is 0.193 e. The average molecular weight is 276 g/mol. The number of guanidine groups is 1. The second-order valence-corrected chi connectivity index (χ2v) is 5.41. The SMILES string of the molecule is CCN(CCN=C(N)Nc1ccc(C)c(C)c1)C(C)C. The van der Waals surface area contributed by atoms with Gasteiger partial charge < -0.3 is 11.1 Å². The van der Waals surface area contributed by atoms with Crippen molar-refractivity contribution in [1.29, 1.82) is 0 Å². The van der Waals surface area contributed by atoms with Gasteiger partial charge in [-0.05, 0) is 57.5 Å². The quantitative estimate of drug-likeness (QED) is 0.620. The van der Waals surface area contributed by atoms with Crippen LogP contribution in [-0.4, -0.2) is 36.5 Å². The molecule has 4 nitrogen and oxygen atoms in total. The molecule has 0 bridgehead atoms. The van der Waals surface area contributed by atoms with Crippen LogP contribution in [0.15, 0.2) is 23.2 Å². The first kappa shape index (κ1) is 16.5. The molecular weight excluding hydrogens is 248 g/mol. The number of hydrogen-bond acceptors (Lipinski definition) is 2. The van der Waals surface area contributed by atoms with E-state index in [1.807, 2.05) is 6.07 Å². The standard InChI is InChI=1S/C16H28N4/c1-6-20(12(2)3)10-9-18-16(17)19-15-8-7-13(4)14(5)11-15/h7-8,11-12H,6,9-10H2,1-5H3,(H3,17,18,19). The highest BCUT2D eigenvalue weighted by Crippen LogP contribution is 2.13. The molecule has 0 aliphatic heterocycles. The molecule has 1 aromatic carbocycles. The van der Waals surface area contributed by atoms with Gasteiger partial charge in [0, 0.05) is 18.3 Å². The molecule has 112 valence electrons. The first-order valence-corrected chi connectivity index (χ1v) is 7.32. The number of anilines is 1. The molecule has 0 saturated heterocycles. The minimum Gasteiger partial charge on any atom is -0.370 e. The van der Waals surface area contributed by atoms with Crippen LogP contribution >= 0.6 is 0 Å². The molecule has 4 heteroatoms. The van der Waals surface area contributed by atoms with Crippen molar-refractivity contribution < 1.29 is 0 Å². The number of aliphatic imine (C=N–C) groups is 1. The Hall–Kier alpha value is -1.55. The van der Waals surface area contributed by atoms with Gasteiger partial charge in [0.05, 0.1) is 6.54 Å². The fourth-order valence-electron chi connectivity index (χ4n) is 2.09. The molecule has 0 heterocycles. The third-order valence-electron chi connectivity index (χ3n) is 3.59. The highest BCUT2D eigenvalue weighted by molar-refractivity contribution is 5.92. The molecule has 0 saturated carbocycles. The molecular formula is C16H28N4. The minimum atomic E-state index is 0.480. The molecule has 0 aliphatic carbocycles. The fraction of sp³-hybridized carbons (Fsp3) is 0.562. The Morgan fingerprint density at radius 2 is 2.00 bits per heavy atom. The lowest BCUT2D eigenvalue weighted by atomic mass is 10.1. The number of nitrogens with two attached hydrogens (primary N) is 1. The summed E-state index contributed by atoms with van der Waals surface area (Å²) < 4.78 is 0. The maximum atomic E-state index is 5.92. The van der Waals surface area contributed by atoms with Crippen molar-refractivity contribution in [2.75, 3.05) is 25.0 Å². The summed E-state index contributed by atoms with van der Waals surface area (Å²) in [6, 6.07) is 6.74. The van der Waals surface area contributed by atoms with Crippen LogP contribution in [0.4, 0.5) is 5.69 Å². The van der Waals surface area contributed by atoms with Crippen LogP contribution in [-0.2, 0) is 0 Å². The first-order chi connectivity index (χ1) is 9.43. The van der Waals surface area contributed by atoms with Gasteiger partial charge in [-0.3, -0.25) is 9.89 Å². The van der Waals surface area contributed by atoms with E-state index in [-0.39, 0.29) is 0 Å². The highest BCUT2D eigenvalue weighted by Gasteiger charge is 2.05. The Labute approximate surface area is 123 Å². The van der Waals surface area contributed by atoms with Crippen LogP contribution < -0.4 is 11.1 Å². The Kier molecular flexibility index (Phi) is 6.52. The number of likely N-dealkylation sites (N-methyl/N-ethyl adjacent to an activating group) is 1. The monoisotopic (exact) mass is 276 g/mol. The summed E-state index contributed by atoms with van der Waals surface area (Å²) in [5.41, 5.74) is 9.44. The van der Waals surface area contributed by atoms with Crippen molar-refractivity contribution in [2.24, 2.45) is 10.7 Å². The number of benzene rings is 1. The molecule has 3 N–H and O–H groups in total. The Bertz CT molecular complexity index is 452. The van der Waals surface area contributed by atoms with E-state index >= 15 is 0 Å². The number of rotatable bonds is 6. The van der Waals surface area contributed by atoms with Crippen molar-refractivity contribution in [3.63, 3.8) is 0 Å². The Morgan fingerprint density at radius 1 is 1.30 bits per heavy atom. The van der Waals surface area contributed by atoms with Gasteiger partial charge in [0.15, 0.2) is 5.96 Å². The summed E-state index contributed by atoms with van der Waals surface area (Å²) in [6.07, 6.45) is 0. The number of nitrogens with zero attached hydrogens (tertiary/aromatic N) is 2. The van der Waals surface area contributed by atoms with Gasteiger partial charge in [-0.15, -0.1) is 0 Å². The van der Waals surface area contributed by atoms with Gasteiger partial charge in [0.25, 0.3) is 0 Å². The number of aryl methyl sites for hydroxylation is 2. The highest BCUT2D eigenvalue weighted by atomic mass is 15.2. The molecule has 0 atom stereocenters. The molecule has 0 amide bonds. The van der Waals surface area contributed by atoms with Crippen LogP contribution in [0.2, 0.25) is 0 Å². The zero-order valence-electron chi connectivity index (χ0n) is 13.4. The predicted molar refractivity (Wildman–Crippen MR) is 88.4 cm³/mol. The van der Waals surface area contributed by atoms with E-state index in [1.165, 1.54) is 11.1 Å². The molecule has 0 aromatic heterocycles. The number of hydrogen-bond donors (Lipinski definition) is 2. The lowest BCUT2D eigenvalue weighted by Gasteiger charge is -2.23. The summed E-state index contributed by atoms with van der Waals surface area (Å²) in [5.74, 6) is 0.480. The molecule has 20 heavy (non-hydrogen) atoms. The molecule has 1 rings (SSSR count). The molecule has 0 spiro atoms. The summed E-state index contributed by atoms with van der Waals surface area (Å²) >= 11 is 0. The van der Waals surface area contributed by atoms with Crippen LogP contribution in [0.5, 0.6) is 0 Å². The van der Waals surface area contributed by atoms with Crippen LogP contribution in [0.1, 0.15) is 31.9 Å². The van der Waals surface area contributed by atoms with Gasteiger partial charge in [0.2, 0.25) is 0 Å². The van der Waals surface area contributed by atoms with E-state index in [4.69, 9.17) is 5.73 Å². The zero-order valence-corrected chi connectivity index (χ0v) is 13.4. The van der Waals surface area contributed by atoms with Crippen molar-refractivity contribution in [3.05, 3.63) is 29.3 Å². The van der Waals surface area contributed by atoms with Crippen molar-refractivity contribution >= 4 is 11.6 Å². The lowest BCUT2D eigenvalue weighted by Crippen LogP contribution is -2.33. The van der Waals surface area contributed by atoms with Gasteiger partial charge in [0.1, 0.15) is 0 Å². The topological polar surface area (TPSA) is 53.6 Å². The van der Waals surface area contributed by atoms with Gasteiger partial charge in [-0.1, -0.05) is 13.0 Å². The van der Waals surface area contributed by atoms with E-state index in [1.54, 1.807) is 0 Å². The zero-order chi connectivity index (χ0) is 15.1. The second kappa shape index (κ2) is 7.90. The van der Waals surface area contributed by atoms with Gasteiger partial charge in [-0.2, -0.15) is 0 Å². The van der Waals surface area contributed by atoms with Crippen molar-refractivity contribution in [2.45, 2.75) is 40.7 Å². The van der Waals surface area contributed by atoms with E-state index in [0.717, 1.165) is 25.3 Å². The maximum absolute atomic E-state index is 5.92. The minimum absolute atomic E-state index is 0.480. The molecule has 1 aromatic rings. The van der Waals surface area contributed by atoms with Gasteiger partial charge >= 0.3 is 0 Å². The molecule has 0 aliphatic rings. The number of nitrogens with one attached hydrogen (secondary N) is 1. The fourth-order valence-corrected chi connectivity index (χ4v) is 2.09. The van der Waals surface area contributed by atoms with E-state index in [2.05, 4.69) is 62.0 Å². The Balaban J connectivity index is 2.51. The lowest BCUT2D eigenvalue weighted by molar-refractivity contribution is 0.241. The van der Waals surface area contributed by atoms with Crippen LogP contribution in [0.3, 0.4) is 0 Å². The van der Waals surface area contributed by atoms with E-state index in [0.29, 0.717) is 12.0 Å². The molecule has 0 radical (unpaired) electrons. The third kappa shape index (κ3) is 5.21. The van der Waals surface area contributed by atoms with E-state index < -0.39 is 0 Å². The van der Waals surface area contributed by atoms with Crippen molar-refractivity contribution in [1.82, 2.24) is 4.90 Å². The largest absolute Gasteiger partial charge is 0.370 e. The molecule has 0 unspecified atom stereocenters. The Morgan fingerprint density at radius 3 is 2.55 bits per heavy atom. The molecule has 0 fully saturated rings. The predicted octanol–water partition coefficient (Wildman–Crippen LogP) is 2.76. The van der Waals surface area contributed by atoms with Gasteiger partial charge in [-0.25, -0.2) is 0 Å². The summed E-state index contributed by atoms with van der Waals surface area (Å²) in [5, 5.41) is 3.14. The van der Waals surface area contributed by atoms with Crippen molar-refractivity contribution in [3.8, 4) is 0 Å². The van der Waals surface area contributed by atoms with Crippen LogP contribution in [0, 0.1) is 13.8 Å².